The normalized spacial score (nSPS) is 13.4. The van der Waals surface area contributed by atoms with Gasteiger partial charge in [-0.1, -0.05) is 23.9 Å². The smallest absolute Gasteiger partial charge is 0.270 e. The van der Waals surface area contributed by atoms with E-state index in [9.17, 15) is 14.9 Å². The molecule has 1 aliphatic rings. The van der Waals surface area contributed by atoms with Gasteiger partial charge in [0.25, 0.3) is 5.69 Å². The fourth-order valence-corrected chi connectivity index (χ4v) is 3.86. The lowest BCUT2D eigenvalue weighted by Crippen LogP contribution is -2.36. The Hall–Kier alpha value is -3.07. The number of ether oxygens (including phenoxy) is 2. The predicted octanol–water partition coefficient (Wildman–Crippen LogP) is 3.79. The number of benzene rings is 2. The first-order chi connectivity index (χ1) is 14.0. The van der Waals surface area contributed by atoms with Crippen molar-refractivity contribution in [2.45, 2.75) is 6.42 Å². The average Bonchev–Trinajstić information content (AvgIpc) is 2.77. The number of ketones is 1. The van der Waals surface area contributed by atoms with Crippen molar-refractivity contribution < 1.29 is 19.2 Å². The van der Waals surface area contributed by atoms with Gasteiger partial charge in [0.15, 0.2) is 11.0 Å². The largest absolute Gasteiger partial charge is 0.497 e. The third-order valence-corrected chi connectivity index (χ3v) is 5.47. The van der Waals surface area contributed by atoms with Crippen LogP contribution in [0.4, 0.5) is 11.4 Å². The molecule has 0 bridgehead atoms. The second-order valence-corrected chi connectivity index (χ2v) is 7.28. The molecule has 0 radical (unpaired) electrons. The maximum Gasteiger partial charge on any atom is 0.270 e. The monoisotopic (exact) mass is 415 g/mol. The highest BCUT2D eigenvalue weighted by Crippen LogP contribution is 2.35. The van der Waals surface area contributed by atoms with E-state index in [2.05, 4.69) is 4.99 Å². The van der Waals surface area contributed by atoms with Crippen LogP contribution in [-0.4, -0.2) is 48.9 Å². The first-order valence-electron chi connectivity index (χ1n) is 8.98. The number of hydrogen-bond acceptors (Lipinski definition) is 8. The van der Waals surface area contributed by atoms with Gasteiger partial charge in [-0.2, -0.15) is 0 Å². The van der Waals surface area contributed by atoms with E-state index in [-0.39, 0.29) is 23.6 Å². The molecule has 0 unspecified atom stereocenters. The quantitative estimate of drug-likeness (QED) is 0.386. The van der Waals surface area contributed by atoms with E-state index in [0.717, 1.165) is 12.2 Å². The Morgan fingerprint density at radius 1 is 1.24 bits per heavy atom. The molecule has 0 N–H and O–H groups in total. The minimum Gasteiger partial charge on any atom is -0.497 e. The number of thioether (sulfide) groups is 1. The number of nitrogens with zero attached hydrogens (tertiary/aromatic N) is 3. The number of rotatable bonds is 7. The van der Waals surface area contributed by atoms with E-state index >= 15 is 0 Å². The summed E-state index contributed by atoms with van der Waals surface area (Å²) in [6.07, 6.45) is 0.968. The minimum absolute atomic E-state index is 0.0312. The Bertz CT molecular complexity index is 947. The van der Waals surface area contributed by atoms with E-state index < -0.39 is 4.92 Å². The van der Waals surface area contributed by atoms with Gasteiger partial charge < -0.3 is 14.4 Å². The molecule has 152 valence electrons. The molecule has 0 saturated heterocycles. The first kappa shape index (κ1) is 20.7. The summed E-state index contributed by atoms with van der Waals surface area (Å²) in [5, 5.41) is 11.8. The van der Waals surface area contributed by atoms with E-state index in [1.807, 2.05) is 0 Å². The summed E-state index contributed by atoms with van der Waals surface area (Å²) in [6, 6.07) is 11.1. The molecule has 8 nitrogen and oxygen atoms in total. The van der Waals surface area contributed by atoms with Crippen molar-refractivity contribution >= 4 is 34.1 Å². The molecule has 0 atom stereocenters. The Balaban J connectivity index is 1.99. The van der Waals surface area contributed by atoms with Crippen molar-refractivity contribution in [1.82, 2.24) is 0 Å². The molecule has 2 aromatic carbocycles. The summed E-state index contributed by atoms with van der Waals surface area (Å²) in [7, 11) is 3.12. The van der Waals surface area contributed by atoms with Crippen LogP contribution in [0, 0.1) is 10.1 Å². The van der Waals surface area contributed by atoms with E-state index in [1.165, 1.54) is 18.2 Å². The maximum atomic E-state index is 13.0. The summed E-state index contributed by atoms with van der Waals surface area (Å²) in [4.78, 5) is 29.9. The van der Waals surface area contributed by atoms with E-state index in [4.69, 9.17) is 9.47 Å². The van der Waals surface area contributed by atoms with Crippen molar-refractivity contribution in [3.05, 3.63) is 58.1 Å². The second-order valence-electron chi connectivity index (χ2n) is 6.22. The lowest BCUT2D eigenvalue weighted by Gasteiger charge is -2.28. The number of nitro benzene ring substituents is 1. The van der Waals surface area contributed by atoms with Gasteiger partial charge in [0.2, 0.25) is 0 Å². The molecule has 9 heteroatoms. The fraction of sp³-hybridized carbons (Fsp3) is 0.300. The van der Waals surface area contributed by atoms with Crippen molar-refractivity contribution in [3.8, 4) is 11.5 Å². The number of methoxy groups -OCH3 is 2. The summed E-state index contributed by atoms with van der Waals surface area (Å²) in [5.74, 6) is 1.83. The maximum absolute atomic E-state index is 13.0. The van der Waals surface area contributed by atoms with E-state index in [1.54, 1.807) is 55.1 Å². The molecular weight excluding hydrogens is 394 g/mol. The zero-order chi connectivity index (χ0) is 20.8. The molecule has 0 aliphatic carbocycles. The number of hydrogen-bond donors (Lipinski definition) is 0. The number of Topliss-reactive ketones (excluding diaryl/α,β-unsaturated/α-hetero) is 1. The number of carbonyl (C=O) groups is 1. The highest BCUT2D eigenvalue weighted by atomic mass is 32.2. The van der Waals surface area contributed by atoms with Gasteiger partial charge in [-0.15, -0.1) is 0 Å². The summed E-state index contributed by atoms with van der Waals surface area (Å²) >= 11 is 1.56. The predicted molar refractivity (Wildman–Crippen MR) is 114 cm³/mol. The van der Waals surface area contributed by atoms with Crippen molar-refractivity contribution in [3.63, 3.8) is 0 Å². The number of anilines is 1. The van der Waals surface area contributed by atoms with Crippen molar-refractivity contribution in [2.75, 3.05) is 38.0 Å². The van der Waals surface area contributed by atoms with E-state index in [0.29, 0.717) is 28.9 Å². The van der Waals surface area contributed by atoms with Gasteiger partial charge in [0, 0.05) is 36.1 Å². The number of aliphatic imine (C=N–C) groups is 1. The summed E-state index contributed by atoms with van der Waals surface area (Å²) < 4.78 is 10.8. The summed E-state index contributed by atoms with van der Waals surface area (Å²) in [5.41, 5.74) is 0.803. The van der Waals surface area contributed by atoms with Gasteiger partial charge in [-0.05, 0) is 18.6 Å². The lowest BCUT2D eigenvalue weighted by molar-refractivity contribution is -0.384. The van der Waals surface area contributed by atoms with Crippen LogP contribution in [-0.2, 0) is 0 Å². The Labute approximate surface area is 172 Å². The molecule has 29 heavy (non-hydrogen) atoms. The molecular formula is C20H21N3O5S. The molecule has 3 rings (SSSR count). The fourth-order valence-electron chi connectivity index (χ4n) is 2.90. The average molecular weight is 415 g/mol. The van der Waals surface area contributed by atoms with Crippen LogP contribution in [0.25, 0.3) is 0 Å². The SMILES string of the molecule is COc1ccc(OC)c(N(CC(=O)c2cccc([N+](=O)[O-])c2)C2=NCCCS2)c1. The van der Waals surface area contributed by atoms with Crippen LogP contribution in [0.15, 0.2) is 47.5 Å². The number of nitro groups is 1. The lowest BCUT2D eigenvalue weighted by atomic mass is 10.1. The molecule has 0 saturated carbocycles. The van der Waals surface area contributed by atoms with Crippen LogP contribution in [0.2, 0.25) is 0 Å². The number of amidine groups is 1. The van der Waals surface area contributed by atoms with Gasteiger partial charge >= 0.3 is 0 Å². The number of carbonyl (C=O) groups excluding carboxylic acids is 1. The minimum atomic E-state index is -0.513. The molecule has 0 aromatic heterocycles. The Kier molecular flexibility index (Phi) is 6.71. The standard InChI is InChI=1S/C20H21N3O5S/c1-27-16-7-8-19(28-2)17(12-16)22(20-21-9-4-10-29-20)13-18(24)14-5-3-6-15(11-14)23(25)26/h3,5-8,11-12H,4,9-10,13H2,1-2H3. The van der Waals surface area contributed by atoms with Gasteiger partial charge in [0.05, 0.1) is 31.4 Å². The molecule has 0 spiro atoms. The number of non-ortho nitro benzene ring substituents is 1. The van der Waals surface area contributed by atoms with Gasteiger partial charge in [0.1, 0.15) is 11.5 Å². The molecule has 1 heterocycles. The van der Waals surface area contributed by atoms with Crippen LogP contribution < -0.4 is 14.4 Å². The molecule has 1 aliphatic heterocycles. The Morgan fingerprint density at radius 3 is 2.72 bits per heavy atom. The highest BCUT2D eigenvalue weighted by Gasteiger charge is 2.24. The van der Waals surface area contributed by atoms with Crippen LogP contribution in [0.5, 0.6) is 11.5 Å². The first-order valence-corrected chi connectivity index (χ1v) is 9.96. The van der Waals surface area contributed by atoms with Crippen LogP contribution in [0.3, 0.4) is 0 Å². The van der Waals surface area contributed by atoms with Gasteiger partial charge in [-0.25, -0.2) is 0 Å². The van der Waals surface area contributed by atoms with Crippen LogP contribution in [0.1, 0.15) is 16.8 Å². The van der Waals surface area contributed by atoms with Gasteiger partial charge in [-0.3, -0.25) is 19.9 Å². The Morgan fingerprint density at radius 2 is 2.07 bits per heavy atom. The zero-order valence-corrected chi connectivity index (χ0v) is 17.0. The molecule has 2 aromatic rings. The third kappa shape index (κ3) is 4.86. The highest BCUT2D eigenvalue weighted by molar-refractivity contribution is 8.14. The zero-order valence-electron chi connectivity index (χ0n) is 16.2. The van der Waals surface area contributed by atoms with Crippen molar-refractivity contribution in [1.29, 1.82) is 0 Å². The molecule has 0 fully saturated rings. The summed E-state index contributed by atoms with van der Waals surface area (Å²) in [6.45, 7) is 0.645. The third-order valence-electron chi connectivity index (χ3n) is 4.37. The molecule has 0 amide bonds. The van der Waals surface area contributed by atoms with Crippen molar-refractivity contribution in [2.24, 2.45) is 4.99 Å². The van der Waals surface area contributed by atoms with Crippen LogP contribution >= 0.6 is 11.8 Å². The second kappa shape index (κ2) is 9.42. The topological polar surface area (TPSA) is 94.3 Å².